The highest BCUT2D eigenvalue weighted by molar-refractivity contribution is 7.12. The Hall–Kier alpha value is -3.00. The molecule has 2 aromatic rings. The number of methoxy groups -OCH3 is 1. The quantitative estimate of drug-likeness (QED) is 0.649. The number of ketones is 1. The van der Waals surface area contributed by atoms with Crippen LogP contribution in [0.15, 0.2) is 41.8 Å². The molecule has 0 bridgehead atoms. The molecule has 0 aliphatic carbocycles. The summed E-state index contributed by atoms with van der Waals surface area (Å²) in [5.74, 6) is -1.98. The minimum Gasteiger partial charge on any atom is -0.453 e. The van der Waals surface area contributed by atoms with E-state index < -0.39 is 24.1 Å². The van der Waals surface area contributed by atoms with Gasteiger partial charge in [0.15, 0.2) is 6.10 Å². The number of benzene rings is 1. The molecule has 0 spiro atoms. The summed E-state index contributed by atoms with van der Waals surface area (Å²) >= 11 is 1.26. The second-order valence-electron chi connectivity index (χ2n) is 4.88. The molecule has 2 rings (SSSR count). The molecule has 0 saturated carbocycles. The van der Waals surface area contributed by atoms with Gasteiger partial charge >= 0.3 is 12.1 Å². The zero-order valence-electron chi connectivity index (χ0n) is 13.5. The third-order valence-electron chi connectivity index (χ3n) is 3.20. The summed E-state index contributed by atoms with van der Waals surface area (Å²) in [4.78, 5) is 48.1. The maximum atomic E-state index is 12.5. The van der Waals surface area contributed by atoms with Crippen molar-refractivity contribution in [2.75, 3.05) is 7.11 Å². The van der Waals surface area contributed by atoms with Gasteiger partial charge in [-0.3, -0.25) is 14.9 Å². The summed E-state index contributed by atoms with van der Waals surface area (Å²) in [5.41, 5.74) is 0.217. The van der Waals surface area contributed by atoms with Gasteiger partial charge in [0, 0.05) is 5.56 Å². The van der Waals surface area contributed by atoms with Gasteiger partial charge in [-0.2, -0.15) is 0 Å². The van der Waals surface area contributed by atoms with Crippen LogP contribution >= 0.6 is 11.3 Å². The van der Waals surface area contributed by atoms with Crippen molar-refractivity contribution in [3.8, 4) is 0 Å². The number of esters is 1. The van der Waals surface area contributed by atoms with Crippen molar-refractivity contribution in [2.45, 2.75) is 13.0 Å². The van der Waals surface area contributed by atoms with Crippen LogP contribution in [0.25, 0.3) is 0 Å². The average molecular weight is 361 g/mol. The Labute approximate surface area is 147 Å². The minimum absolute atomic E-state index is 0.0404. The molecule has 0 fully saturated rings. The number of thiophene rings is 1. The summed E-state index contributed by atoms with van der Waals surface area (Å²) in [7, 11) is 1.10. The Morgan fingerprint density at radius 2 is 1.72 bits per heavy atom. The fourth-order valence-electron chi connectivity index (χ4n) is 1.93. The van der Waals surface area contributed by atoms with Gasteiger partial charge in [0.05, 0.1) is 17.6 Å². The smallest absolute Gasteiger partial charge is 0.413 e. The highest BCUT2D eigenvalue weighted by atomic mass is 32.1. The van der Waals surface area contributed by atoms with E-state index in [4.69, 9.17) is 4.74 Å². The van der Waals surface area contributed by atoms with Crippen LogP contribution in [0.4, 0.5) is 4.79 Å². The first kappa shape index (κ1) is 18.3. The van der Waals surface area contributed by atoms with Gasteiger partial charge in [0.25, 0.3) is 5.91 Å². The normalized spacial score (nSPS) is 11.3. The van der Waals surface area contributed by atoms with Gasteiger partial charge in [-0.25, -0.2) is 9.59 Å². The van der Waals surface area contributed by atoms with E-state index >= 15 is 0 Å². The molecule has 0 aliphatic heterocycles. The number of hydrogen-bond acceptors (Lipinski definition) is 7. The molecule has 0 radical (unpaired) electrons. The fourth-order valence-corrected chi connectivity index (χ4v) is 2.61. The van der Waals surface area contributed by atoms with Gasteiger partial charge in [-0.1, -0.05) is 24.3 Å². The van der Waals surface area contributed by atoms with Crippen molar-refractivity contribution >= 4 is 35.1 Å². The lowest BCUT2D eigenvalue weighted by atomic mass is 10.0. The zero-order chi connectivity index (χ0) is 18.4. The van der Waals surface area contributed by atoms with Crippen LogP contribution in [0.5, 0.6) is 0 Å². The molecule has 0 saturated heterocycles. The van der Waals surface area contributed by atoms with E-state index in [0.29, 0.717) is 4.88 Å². The second-order valence-corrected chi connectivity index (χ2v) is 5.83. The number of hydrogen-bond donors (Lipinski definition) is 1. The Morgan fingerprint density at radius 1 is 1.04 bits per heavy atom. The molecule has 25 heavy (non-hydrogen) atoms. The van der Waals surface area contributed by atoms with E-state index in [-0.39, 0.29) is 16.9 Å². The molecule has 1 aromatic carbocycles. The maximum absolute atomic E-state index is 12.5. The standard InChI is InChI=1S/C17H15NO6S/c1-10(15(20)18-17(22)23-2)24-16(21)12-7-4-3-6-11(12)14(19)13-8-5-9-25-13/h3-10H,1-2H3,(H,18,20,22)/t10-/m0/s1. The van der Waals surface area contributed by atoms with Crippen LogP contribution in [0.3, 0.4) is 0 Å². The third-order valence-corrected chi connectivity index (χ3v) is 4.07. The lowest BCUT2D eigenvalue weighted by Crippen LogP contribution is -2.39. The Bertz CT molecular complexity index is 799. The first-order chi connectivity index (χ1) is 11.9. The van der Waals surface area contributed by atoms with Crippen molar-refractivity contribution in [3.05, 3.63) is 57.8 Å². The predicted octanol–water partition coefficient (Wildman–Crippen LogP) is 2.41. The molecule has 1 atom stereocenters. The van der Waals surface area contributed by atoms with Gasteiger partial charge in [0.1, 0.15) is 0 Å². The van der Waals surface area contributed by atoms with E-state index in [2.05, 4.69) is 4.74 Å². The number of carbonyl (C=O) groups is 4. The zero-order valence-corrected chi connectivity index (χ0v) is 14.3. The number of imide groups is 1. The molecule has 130 valence electrons. The minimum atomic E-state index is -1.24. The summed E-state index contributed by atoms with van der Waals surface area (Å²) in [6.45, 7) is 1.31. The number of rotatable bonds is 5. The van der Waals surface area contributed by atoms with E-state index in [1.54, 1.807) is 29.6 Å². The van der Waals surface area contributed by atoms with Crippen molar-refractivity contribution in [2.24, 2.45) is 0 Å². The van der Waals surface area contributed by atoms with E-state index in [9.17, 15) is 19.2 Å². The molecule has 7 nitrogen and oxygen atoms in total. The number of ether oxygens (including phenoxy) is 2. The van der Waals surface area contributed by atoms with Gasteiger partial charge in [0.2, 0.25) is 5.78 Å². The molecule has 1 aromatic heterocycles. The molecule has 0 aliphatic rings. The number of amides is 2. The van der Waals surface area contributed by atoms with Crippen LogP contribution in [0.1, 0.15) is 32.5 Å². The summed E-state index contributed by atoms with van der Waals surface area (Å²) in [6.07, 6.45) is -2.20. The number of carbonyl (C=O) groups excluding carboxylic acids is 4. The Balaban J connectivity index is 2.16. The lowest BCUT2D eigenvalue weighted by molar-refractivity contribution is -0.128. The average Bonchev–Trinajstić information content (AvgIpc) is 3.15. The van der Waals surface area contributed by atoms with Crippen LogP contribution in [0, 0.1) is 0 Å². The van der Waals surface area contributed by atoms with E-state index in [1.807, 2.05) is 5.32 Å². The molecular weight excluding hydrogens is 346 g/mol. The topological polar surface area (TPSA) is 98.8 Å². The number of nitrogens with one attached hydrogen (secondary N) is 1. The summed E-state index contributed by atoms with van der Waals surface area (Å²) in [5, 5.41) is 3.66. The molecule has 2 amide bonds. The highest BCUT2D eigenvalue weighted by Crippen LogP contribution is 2.19. The summed E-state index contributed by atoms with van der Waals surface area (Å²) < 4.78 is 9.34. The lowest BCUT2D eigenvalue weighted by Gasteiger charge is -2.13. The Kier molecular flexibility index (Phi) is 6.02. The Morgan fingerprint density at radius 3 is 2.32 bits per heavy atom. The van der Waals surface area contributed by atoms with Crippen LogP contribution in [-0.4, -0.2) is 37.0 Å². The molecule has 1 N–H and O–H groups in total. The molecule has 8 heteroatoms. The molecular formula is C17H15NO6S. The second kappa shape index (κ2) is 8.20. The SMILES string of the molecule is COC(=O)NC(=O)[C@H](C)OC(=O)c1ccccc1C(=O)c1cccs1. The monoisotopic (exact) mass is 361 g/mol. The number of alkyl carbamates (subject to hydrolysis) is 1. The van der Waals surface area contributed by atoms with Gasteiger partial charge < -0.3 is 9.47 Å². The van der Waals surface area contributed by atoms with Crippen LogP contribution in [-0.2, 0) is 14.3 Å². The summed E-state index contributed by atoms with van der Waals surface area (Å²) in [6, 6.07) is 9.55. The predicted molar refractivity (Wildman–Crippen MR) is 89.6 cm³/mol. The van der Waals surface area contributed by atoms with Crippen molar-refractivity contribution < 1.29 is 28.7 Å². The first-order valence-electron chi connectivity index (χ1n) is 7.21. The fraction of sp³-hybridized carbons (Fsp3) is 0.176. The molecule has 1 heterocycles. The van der Waals surface area contributed by atoms with E-state index in [0.717, 1.165) is 7.11 Å². The third kappa shape index (κ3) is 4.51. The van der Waals surface area contributed by atoms with Crippen molar-refractivity contribution in [1.82, 2.24) is 5.32 Å². The highest BCUT2D eigenvalue weighted by Gasteiger charge is 2.24. The van der Waals surface area contributed by atoms with Gasteiger partial charge in [-0.05, 0) is 24.4 Å². The van der Waals surface area contributed by atoms with Crippen molar-refractivity contribution in [3.63, 3.8) is 0 Å². The largest absolute Gasteiger partial charge is 0.453 e. The molecule has 0 unspecified atom stereocenters. The van der Waals surface area contributed by atoms with E-state index in [1.165, 1.54) is 30.4 Å². The first-order valence-corrected chi connectivity index (χ1v) is 8.09. The van der Waals surface area contributed by atoms with Crippen molar-refractivity contribution in [1.29, 1.82) is 0 Å². The van der Waals surface area contributed by atoms with Crippen LogP contribution < -0.4 is 5.32 Å². The van der Waals surface area contributed by atoms with Crippen LogP contribution in [0.2, 0.25) is 0 Å². The van der Waals surface area contributed by atoms with Gasteiger partial charge in [-0.15, -0.1) is 11.3 Å². The maximum Gasteiger partial charge on any atom is 0.413 e.